The number of carbonyl (C=O) groups is 4. The Labute approximate surface area is 207 Å². The van der Waals surface area contributed by atoms with Gasteiger partial charge in [0.1, 0.15) is 12.1 Å². The summed E-state index contributed by atoms with van der Waals surface area (Å²) in [5.74, 6) is -0.519. The minimum Gasteiger partial charge on any atom is -0.378 e. The quantitative estimate of drug-likeness (QED) is 0.601. The highest BCUT2D eigenvalue weighted by Crippen LogP contribution is 2.32. The first kappa shape index (κ1) is 25.2. The molecule has 3 aliphatic rings. The van der Waals surface area contributed by atoms with E-state index in [1.165, 1.54) is 0 Å². The van der Waals surface area contributed by atoms with Gasteiger partial charge in [-0.05, 0) is 62.4 Å². The van der Waals surface area contributed by atoms with Crippen LogP contribution in [0.1, 0.15) is 49.9 Å². The molecule has 0 aliphatic carbocycles. The number of ketones is 1. The van der Waals surface area contributed by atoms with E-state index in [4.69, 9.17) is 0 Å². The molecule has 3 fully saturated rings. The third-order valence-electron chi connectivity index (χ3n) is 7.30. The summed E-state index contributed by atoms with van der Waals surface area (Å²) in [6.07, 6.45) is 2.78. The van der Waals surface area contributed by atoms with Gasteiger partial charge < -0.3 is 25.3 Å². The second-order valence-corrected chi connectivity index (χ2v) is 10.5. The lowest BCUT2D eigenvalue weighted by Crippen LogP contribution is -2.53. The van der Waals surface area contributed by atoms with E-state index in [9.17, 15) is 19.2 Å². The van der Waals surface area contributed by atoms with Crippen LogP contribution in [0.15, 0.2) is 24.3 Å². The predicted octanol–water partition coefficient (Wildman–Crippen LogP) is 1.03. The van der Waals surface area contributed by atoms with Gasteiger partial charge in [-0.25, -0.2) is 0 Å². The summed E-state index contributed by atoms with van der Waals surface area (Å²) in [4.78, 5) is 57.9. The third-order valence-corrected chi connectivity index (χ3v) is 7.30. The Morgan fingerprint density at radius 2 is 1.83 bits per heavy atom. The first-order valence-electron chi connectivity index (χ1n) is 12.6. The number of carbonyl (C=O) groups excluding carboxylic acids is 4. The van der Waals surface area contributed by atoms with Crippen LogP contribution >= 0.6 is 0 Å². The number of fused-ring (bicyclic) bond motifs is 1. The normalized spacial score (nSPS) is 24.6. The van der Waals surface area contributed by atoms with Gasteiger partial charge in [0.05, 0.1) is 18.6 Å². The summed E-state index contributed by atoms with van der Waals surface area (Å²) >= 11 is 0. The monoisotopic (exact) mass is 483 g/mol. The Bertz CT molecular complexity index is 970. The van der Waals surface area contributed by atoms with Crippen molar-refractivity contribution in [1.29, 1.82) is 0 Å². The van der Waals surface area contributed by atoms with Crippen LogP contribution in [-0.4, -0.2) is 91.2 Å². The fraction of sp³-hybridized carbons (Fsp3) is 0.615. The Hall–Kier alpha value is -2.94. The maximum Gasteiger partial charge on any atom is 0.251 e. The van der Waals surface area contributed by atoms with Gasteiger partial charge in [-0.3, -0.25) is 19.2 Å². The molecule has 35 heavy (non-hydrogen) atoms. The SMILES string of the molecule is CC(C)C[C@H](NC(=O)c1ccc(N(C)C)cc1)C(=O)N1CC[C@@H]2[C@H]1C(=O)CN2C(=O)[C@@H]1CCCN1. The summed E-state index contributed by atoms with van der Waals surface area (Å²) in [7, 11) is 3.86. The van der Waals surface area contributed by atoms with E-state index in [2.05, 4.69) is 10.6 Å². The second-order valence-electron chi connectivity index (χ2n) is 10.5. The van der Waals surface area contributed by atoms with Crippen LogP contribution < -0.4 is 15.5 Å². The molecule has 0 unspecified atom stereocenters. The molecular weight excluding hydrogens is 446 g/mol. The Morgan fingerprint density at radius 3 is 2.43 bits per heavy atom. The highest BCUT2D eigenvalue weighted by atomic mass is 16.2. The molecule has 0 aromatic heterocycles. The van der Waals surface area contributed by atoms with Gasteiger partial charge in [0, 0.05) is 31.9 Å². The van der Waals surface area contributed by atoms with E-state index >= 15 is 0 Å². The fourth-order valence-corrected chi connectivity index (χ4v) is 5.50. The number of nitrogens with zero attached hydrogens (tertiary/aromatic N) is 3. The molecule has 9 heteroatoms. The zero-order valence-corrected chi connectivity index (χ0v) is 21.1. The van der Waals surface area contributed by atoms with E-state index in [1.807, 2.05) is 45.0 Å². The van der Waals surface area contributed by atoms with Crippen molar-refractivity contribution in [2.24, 2.45) is 5.92 Å². The van der Waals surface area contributed by atoms with Crippen molar-refractivity contribution in [3.8, 4) is 0 Å². The average Bonchev–Trinajstić information content (AvgIpc) is 3.56. The van der Waals surface area contributed by atoms with Crippen LogP contribution in [0.5, 0.6) is 0 Å². The maximum absolute atomic E-state index is 13.6. The summed E-state index contributed by atoms with van der Waals surface area (Å²) < 4.78 is 0. The summed E-state index contributed by atoms with van der Waals surface area (Å²) in [5.41, 5.74) is 1.46. The van der Waals surface area contributed by atoms with Gasteiger partial charge in [-0.2, -0.15) is 0 Å². The van der Waals surface area contributed by atoms with Gasteiger partial charge in [-0.15, -0.1) is 0 Å². The number of likely N-dealkylation sites (tertiary alicyclic amines) is 2. The minimum absolute atomic E-state index is 0.0362. The lowest BCUT2D eigenvalue weighted by Gasteiger charge is -2.29. The van der Waals surface area contributed by atoms with Crippen LogP contribution in [0.25, 0.3) is 0 Å². The van der Waals surface area contributed by atoms with Crippen molar-refractivity contribution < 1.29 is 19.2 Å². The summed E-state index contributed by atoms with van der Waals surface area (Å²) in [6.45, 7) is 5.27. The van der Waals surface area contributed by atoms with Gasteiger partial charge in [0.15, 0.2) is 5.78 Å². The van der Waals surface area contributed by atoms with E-state index < -0.39 is 12.1 Å². The van der Waals surface area contributed by atoms with E-state index in [1.54, 1.807) is 21.9 Å². The predicted molar refractivity (Wildman–Crippen MR) is 133 cm³/mol. The van der Waals surface area contributed by atoms with Crippen molar-refractivity contribution in [2.45, 2.75) is 63.7 Å². The molecule has 3 saturated heterocycles. The van der Waals surface area contributed by atoms with Gasteiger partial charge >= 0.3 is 0 Å². The number of benzene rings is 1. The van der Waals surface area contributed by atoms with Crippen LogP contribution in [0.4, 0.5) is 5.69 Å². The van der Waals surface area contributed by atoms with Crippen molar-refractivity contribution in [3.05, 3.63) is 29.8 Å². The molecule has 0 radical (unpaired) electrons. The Balaban J connectivity index is 1.47. The molecule has 190 valence electrons. The van der Waals surface area contributed by atoms with Crippen molar-refractivity contribution in [1.82, 2.24) is 20.4 Å². The highest BCUT2D eigenvalue weighted by molar-refractivity contribution is 6.01. The first-order valence-corrected chi connectivity index (χ1v) is 12.6. The number of nitrogens with one attached hydrogen (secondary N) is 2. The van der Waals surface area contributed by atoms with Crippen LogP contribution in [-0.2, 0) is 14.4 Å². The molecule has 3 aliphatic heterocycles. The van der Waals surface area contributed by atoms with Gasteiger partial charge in [-0.1, -0.05) is 13.8 Å². The fourth-order valence-electron chi connectivity index (χ4n) is 5.50. The van der Waals surface area contributed by atoms with E-state index in [0.29, 0.717) is 24.9 Å². The summed E-state index contributed by atoms with van der Waals surface area (Å²) in [5, 5.41) is 6.13. The van der Waals surface area contributed by atoms with E-state index in [-0.39, 0.29) is 48.1 Å². The first-order chi connectivity index (χ1) is 16.7. The lowest BCUT2D eigenvalue weighted by atomic mass is 10.0. The molecule has 3 heterocycles. The maximum atomic E-state index is 13.6. The number of hydrogen-bond acceptors (Lipinski definition) is 6. The topological polar surface area (TPSA) is 102 Å². The van der Waals surface area contributed by atoms with Gasteiger partial charge in [0.25, 0.3) is 5.91 Å². The molecule has 0 bridgehead atoms. The molecule has 0 spiro atoms. The molecule has 4 atom stereocenters. The molecule has 9 nitrogen and oxygen atoms in total. The van der Waals surface area contributed by atoms with Crippen LogP contribution in [0.2, 0.25) is 0 Å². The lowest BCUT2D eigenvalue weighted by molar-refractivity contribution is -0.138. The minimum atomic E-state index is -0.733. The average molecular weight is 484 g/mol. The smallest absolute Gasteiger partial charge is 0.251 e. The molecular formula is C26H37N5O4. The molecule has 4 rings (SSSR count). The molecule has 1 aromatic carbocycles. The molecule has 2 N–H and O–H groups in total. The van der Waals surface area contributed by atoms with Crippen LogP contribution in [0, 0.1) is 5.92 Å². The number of rotatable bonds is 7. The van der Waals surface area contributed by atoms with Crippen molar-refractivity contribution >= 4 is 29.2 Å². The molecule has 0 saturated carbocycles. The van der Waals surface area contributed by atoms with Gasteiger partial charge in [0.2, 0.25) is 11.8 Å². The third kappa shape index (κ3) is 5.19. The number of hydrogen-bond donors (Lipinski definition) is 2. The zero-order chi connectivity index (χ0) is 25.3. The molecule has 3 amide bonds. The molecule has 1 aromatic rings. The van der Waals surface area contributed by atoms with Crippen molar-refractivity contribution in [2.75, 3.05) is 38.6 Å². The standard InChI is InChI=1S/C26H37N5O4/c1-16(2)14-20(28-24(33)17-7-9-18(10-8-17)29(3)4)26(35)30-13-11-21-23(30)22(32)15-31(21)25(34)19-6-5-12-27-19/h7-10,16,19-21,23,27H,5-6,11-15H2,1-4H3,(H,28,33)/t19-,20-,21+,23-/m0/s1. The largest absolute Gasteiger partial charge is 0.378 e. The summed E-state index contributed by atoms with van der Waals surface area (Å²) in [6, 6.07) is 5.34. The Kier molecular flexibility index (Phi) is 7.44. The number of anilines is 1. The van der Waals surface area contributed by atoms with Crippen molar-refractivity contribution in [3.63, 3.8) is 0 Å². The number of amides is 3. The Morgan fingerprint density at radius 1 is 1.11 bits per heavy atom. The zero-order valence-electron chi connectivity index (χ0n) is 21.1. The number of Topliss-reactive ketones (excluding diaryl/α,β-unsaturated/α-hetero) is 1. The van der Waals surface area contributed by atoms with E-state index in [0.717, 1.165) is 25.1 Å². The van der Waals surface area contributed by atoms with Crippen LogP contribution in [0.3, 0.4) is 0 Å². The highest BCUT2D eigenvalue weighted by Gasteiger charge is 2.53. The second kappa shape index (κ2) is 10.4.